The van der Waals surface area contributed by atoms with Gasteiger partial charge in [-0.1, -0.05) is 30.3 Å². The van der Waals surface area contributed by atoms with Crippen molar-refractivity contribution in [3.63, 3.8) is 0 Å². The average molecular weight is 352 g/mol. The van der Waals surface area contributed by atoms with Crippen LogP contribution in [0.15, 0.2) is 30.3 Å². The molecule has 1 saturated heterocycles. The van der Waals surface area contributed by atoms with Gasteiger partial charge in [-0.25, -0.2) is 0 Å². The Hall–Kier alpha value is -2.28. The second kappa shape index (κ2) is 6.16. The minimum absolute atomic E-state index is 0.0884. The van der Waals surface area contributed by atoms with Crippen molar-refractivity contribution in [1.29, 1.82) is 0 Å². The summed E-state index contributed by atoms with van der Waals surface area (Å²) in [5, 5.41) is 19.7. The predicted molar refractivity (Wildman–Crippen MR) is 96.1 cm³/mol. The Morgan fingerprint density at radius 2 is 2.00 bits per heavy atom. The van der Waals surface area contributed by atoms with Gasteiger partial charge in [-0.3, -0.25) is 4.79 Å². The number of rotatable bonds is 4. The molecule has 26 heavy (non-hydrogen) atoms. The van der Waals surface area contributed by atoms with Gasteiger partial charge in [-0.2, -0.15) is 4.80 Å². The second-order valence-corrected chi connectivity index (χ2v) is 7.97. The van der Waals surface area contributed by atoms with Gasteiger partial charge in [0.15, 0.2) is 0 Å². The van der Waals surface area contributed by atoms with Crippen LogP contribution in [0.2, 0.25) is 0 Å². The van der Waals surface area contributed by atoms with Crippen molar-refractivity contribution in [2.75, 3.05) is 13.1 Å². The highest BCUT2D eigenvalue weighted by Crippen LogP contribution is 2.55. The molecule has 0 unspecified atom stereocenters. The summed E-state index contributed by atoms with van der Waals surface area (Å²) >= 11 is 0. The Morgan fingerprint density at radius 1 is 1.19 bits per heavy atom. The summed E-state index contributed by atoms with van der Waals surface area (Å²) < 4.78 is 0. The van der Waals surface area contributed by atoms with Gasteiger partial charge in [-0.15, -0.1) is 10.2 Å². The minimum Gasteiger partial charge on any atom is -0.353 e. The zero-order valence-corrected chi connectivity index (χ0v) is 14.8. The molecule has 0 spiro atoms. The van der Waals surface area contributed by atoms with Crippen molar-refractivity contribution < 1.29 is 4.79 Å². The number of aromatic nitrogens is 4. The van der Waals surface area contributed by atoms with E-state index in [9.17, 15) is 4.79 Å². The third-order valence-electron chi connectivity index (χ3n) is 6.33. The monoisotopic (exact) mass is 352 g/mol. The van der Waals surface area contributed by atoms with Crippen LogP contribution in [0.4, 0.5) is 0 Å². The van der Waals surface area contributed by atoms with Crippen molar-refractivity contribution in [3.8, 4) is 11.4 Å². The number of nitrogens with zero attached hydrogens (tertiary/aromatic N) is 4. The molecule has 136 valence electrons. The fraction of sp³-hybridized carbons (Fsp3) is 0.579. The molecule has 1 aromatic carbocycles. The largest absolute Gasteiger partial charge is 0.353 e. The van der Waals surface area contributed by atoms with Crippen LogP contribution >= 0.6 is 0 Å². The summed E-state index contributed by atoms with van der Waals surface area (Å²) in [5.74, 6) is 1.50. The molecule has 7 nitrogen and oxygen atoms in total. The Morgan fingerprint density at radius 3 is 2.69 bits per heavy atom. The van der Waals surface area contributed by atoms with Crippen LogP contribution in [0.1, 0.15) is 38.1 Å². The molecule has 2 aliphatic carbocycles. The van der Waals surface area contributed by atoms with Gasteiger partial charge in [-0.05, 0) is 49.8 Å². The SMILES string of the molecule is O=C(NC1CCC(n2nnc(-c3ccccc3)n2)CC1)[C@@]12CNC[C@@H]1C2. The number of hydrogen-bond donors (Lipinski definition) is 2. The summed E-state index contributed by atoms with van der Waals surface area (Å²) in [4.78, 5) is 14.4. The van der Waals surface area contributed by atoms with E-state index >= 15 is 0 Å². The maximum Gasteiger partial charge on any atom is 0.228 e. The molecule has 2 N–H and O–H groups in total. The molecule has 1 aromatic heterocycles. The van der Waals surface area contributed by atoms with Crippen LogP contribution in [0.25, 0.3) is 11.4 Å². The lowest BCUT2D eigenvalue weighted by Gasteiger charge is -2.29. The first-order valence-electron chi connectivity index (χ1n) is 9.61. The molecule has 2 saturated carbocycles. The van der Waals surface area contributed by atoms with Gasteiger partial charge in [0, 0.05) is 18.2 Å². The fourth-order valence-electron chi connectivity index (χ4n) is 4.56. The molecule has 0 bridgehead atoms. The van der Waals surface area contributed by atoms with Crippen LogP contribution in [-0.2, 0) is 4.79 Å². The first-order valence-corrected chi connectivity index (χ1v) is 9.61. The quantitative estimate of drug-likeness (QED) is 0.872. The third kappa shape index (κ3) is 2.70. The molecule has 2 aromatic rings. The van der Waals surface area contributed by atoms with Gasteiger partial charge in [0.25, 0.3) is 0 Å². The average Bonchev–Trinajstić information content (AvgIpc) is 3.04. The first kappa shape index (κ1) is 15.9. The van der Waals surface area contributed by atoms with E-state index in [4.69, 9.17) is 0 Å². The summed E-state index contributed by atoms with van der Waals surface area (Å²) in [7, 11) is 0. The third-order valence-corrected chi connectivity index (χ3v) is 6.33. The van der Waals surface area contributed by atoms with Crippen molar-refractivity contribution >= 4 is 5.91 Å². The van der Waals surface area contributed by atoms with Gasteiger partial charge in [0.1, 0.15) is 0 Å². The number of hydrogen-bond acceptors (Lipinski definition) is 5. The zero-order valence-electron chi connectivity index (χ0n) is 14.8. The van der Waals surface area contributed by atoms with E-state index in [0.717, 1.165) is 50.8 Å². The number of carbonyl (C=O) groups excluding carboxylic acids is 1. The smallest absolute Gasteiger partial charge is 0.228 e. The standard InChI is InChI=1S/C19H24N6O/c26-18(19-10-14(19)11-20-12-19)21-15-6-8-16(9-7-15)25-23-17(22-24-25)13-4-2-1-3-5-13/h1-5,14-16,20H,6-12H2,(H,21,26)/t14-,15?,16?,19-/m0/s1. The second-order valence-electron chi connectivity index (χ2n) is 7.97. The highest BCUT2D eigenvalue weighted by molar-refractivity contribution is 5.87. The summed E-state index contributed by atoms with van der Waals surface area (Å²) in [6, 6.07) is 10.5. The number of amides is 1. The van der Waals surface area contributed by atoms with Gasteiger partial charge in [0.05, 0.1) is 11.5 Å². The molecule has 3 fully saturated rings. The molecule has 1 amide bonds. The number of fused-ring (bicyclic) bond motifs is 1. The van der Waals surface area contributed by atoms with Crippen molar-refractivity contribution in [2.45, 2.75) is 44.2 Å². The molecular weight excluding hydrogens is 328 g/mol. The maximum atomic E-state index is 12.6. The summed E-state index contributed by atoms with van der Waals surface area (Å²) in [5.41, 5.74) is 0.901. The van der Waals surface area contributed by atoms with Crippen LogP contribution in [0, 0.1) is 11.3 Å². The molecule has 5 rings (SSSR count). The van der Waals surface area contributed by atoms with Gasteiger partial charge in [0.2, 0.25) is 11.7 Å². The molecule has 1 aliphatic heterocycles. The van der Waals surface area contributed by atoms with Gasteiger partial charge < -0.3 is 10.6 Å². The Kier molecular flexibility index (Phi) is 3.77. The normalized spacial score (nSPS) is 32.8. The fourth-order valence-corrected chi connectivity index (χ4v) is 4.56. The number of benzene rings is 1. The van der Waals surface area contributed by atoms with Crippen molar-refractivity contribution in [3.05, 3.63) is 30.3 Å². The summed E-state index contributed by atoms with van der Waals surface area (Å²) in [6.07, 6.45) is 4.97. The molecule has 2 heterocycles. The van der Waals surface area contributed by atoms with E-state index in [1.807, 2.05) is 30.3 Å². The Bertz CT molecular complexity index is 797. The molecule has 0 radical (unpaired) electrons. The lowest BCUT2D eigenvalue weighted by molar-refractivity contribution is -0.127. The highest BCUT2D eigenvalue weighted by Gasteiger charge is 2.62. The van der Waals surface area contributed by atoms with Crippen molar-refractivity contribution in [2.24, 2.45) is 11.3 Å². The maximum absolute atomic E-state index is 12.6. The van der Waals surface area contributed by atoms with Crippen LogP contribution < -0.4 is 10.6 Å². The zero-order chi connectivity index (χ0) is 17.6. The van der Waals surface area contributed by atoms with Crippen LogP contribution in [0.5, 0.6) is 0 Å². The predicted octanol–water partition coefficient (Wildman–Crippen LogP) is 1.55. The number of nitrogens with one attached hydrogen (secondary N) is 2. The lowest BCUT2D eigenvalue weighted by atomic mass is 9.91. The molecule has 3 aliphatic rings. The number of piperidine rings is 1. The summed E-state index contributed by atoms with van der Waals surface area (Å²) in [6.45, 7) is 1.85. The molecule has 7 heteroatoms. The van der Waals surface area contributed by atoms with Crippen molar-refractivity contribution in [1.82, 2.24) is 30.8 Å². The first-order chi connectivity index (χ1) is 12.7. The van der Waals surface area contributed by atoms with E-state index in [1.54, 1.807) is 4.80 Å². The van der Waals surface area contributed by atoms with E-state index < -0.39 is 0 Å². The highest BCUT2D eigenvalue weighted by atomic mass is 16.2. The molecule has 2 atom stereocenters. The van der Waals surface area contributed by atoms with Crippen LogP contribution in [-0.4, -0.2) is 45.2 Å². The molecular formula is C19H24N6O. The Balaban J connectivity index is 1.17. The minimum atomic E-state index is -0.0884. The number of tetrazole rings is 1. The lowest BCUT2D eigenvalue weighted by Crippen LogP contribution is -2.43. The van der Waals surface area contributed by atoms with E-state index in [-0.39, 0.29) is 23.4 Å². The van der Waals surface area contributed by atoms with E-state index in [2.05, 4.69) is 26.0 Å². The number of carbonyl (C=O) groups is 1. The van der Waals surface area contributed by atoms with Crippen LogP contribution in [0.3, 0.4) is 0 Å². The van der Waals surface area contributed by atoms with E-state index in [1.165, 1.54) is 0 Å². The van der Waals surface area contributed by atoms with E-state index in [0.29, 0.717) is 11.7 Å². The topological polar surface area (TPSA) is 84.7 Å². The Labute approximate surface area is 152 Å². The van der Waals surface area contributed by atoms with Gasteiger partial charge >= 0.3 is 0 Å².